The molecule has 0 aliphatic rings. The lowest BCUT2D eigenvalue weighted by molar-refractivity contribution is 0.478. The zero-order valence-electron chi connectivity index (χ0n) is 17.4. The first-order valence-corrected chi connectivity index (χ1v) is 10.6. The maximum Gasteiger partial charge on any atom is 0.00420 e. The van der Waals surface area contributed by atoms with Crippen LogP contribution in [0.3, 0.4) is 0 Å². The van der Waals surface area contributed by atoms with E-state index in [1.165, 1.54) is 42.4 Å². The van der Waals surface area contributed by atoms with Crippen LogP contribution >= 0.6 is 0 Å². The Morgan fingerprint density at radius 3 is 1.84 bits per heavy atom. The van der Waals surface area contributed by atoms with Gasteiger partial charge < -0.3 is 11.5 Å². The van der Waals surface area contributed by atoms with Gasteiger partial charge in [-0.3, -0.25) is 0 Å². The minimum Gasteiger partial charge on any atom is -0.328 e. The third kappa shape index (κ3) is 7.11. The van der Waals surface area contributed by atoms with E-state index >= 15 is 0 Å². The SMILES string of the molecule is CCCC(CC(N)CC)c1ccc(C)c(C(CCC)CC(N)CC)c1. The van der Waals surface area contributed by atoms with Crippen LogP contribution in [-0.4, -0.2) is 12.1 Å². The molecule has 0 spiro atoms. The van der Waals surface area contributed by atoms with E-state index in [1.807, 2.05) is 0 Å². The van der Waals surface area contributed by atoms with Gasteiger partial charge in [-0.2, -0.15) is 0 Å². The fourth-order valence-electron chi connectivity index (χ4n) is 3.93. The molecule has 2 heteroatoms. The molecule has 1 aromatic carbocycles. The quantitative estimate of drug-likeness (QED) is 0.486. The Bertz CT molecular complexity index is 483. The highest BCUT2D eigenvalue weighted by molar-refractivity contribution is 5.36. The molecule has 0 aliphatic carbocycles. The normalized spacial score (nSPS) is 16.4. The average molecular weight is 347 g/mol. The Kier molecular flexibility index (Phi) is 10.4. The van der Waals surface area contributed by atoms with Crippen LogP contribution in [0.15, 0.2) is 18.2 Å². The maximum atomic E-state index is 6.30. The monoisotopic (exact) mass is 346 g/mol. The molecule has 0 saturated carbocycles. The van der Waals surface area contributed by atoms with Crippen molar-refractivity contribution in [3.8, 4) is 0 Å². The summed E-state index contributed by atoms with van der Waals surface area (Å²) < 4.78 is 0. The molecule has 0 saturated heterocycles. The van der Waals surface area contributed by atoms with Gasteiger partial charge in [-0.25, -0.2) is 0 Å². The largest absolute Gasteiger partial charge is 0.328 e. The van der Waals surface area contributed by atoms with E-state index in [0.29, 0.717) is 23.9 Å². The second kappa shape index (κ2) is 11.7. The molecule has 1 rings (SSSR count). The number of nitrogens with two attached hydrogens (primary N) is 2. The van der Waals surface area contributed by atoms with Crippen molar-refractivity contribution in [1.82, 2.24) is 0 Å². The minimum absolute atomic E-state index is 0.305. The van der Waals surface area contributed by atoms with Gasteiger partial charge in [0.15, 0.2) is 0 Å². The summed E-state index contributed by atoms with van der Waals surface area (Å²) in [5, 5.41) is 0. The number of aryl methyl sites for hydroxylation is 1. The summed E-state index contributed by atoms with van der Waals surface area (Å²) in [6.07, 6.45) is 9.19. The number of hydrogen-bond acceptors (Lipinski definition) is 2. The fraction of sp³-hybridized carbons (Fsp3) is 0.739. The summed E-state index contributed by atoms with van der Waals surface area (Å²) in [5.41, 5.74) is 17.0. The fourth-order valence-corrected chi connectivity index (χ4v) is 3.93. The lowest BCUT2D eigenvalue weighted by Crippen LogP contribution is -2.23. The van der Waals surface area contributed by atoms with Crippen molar-refractivity contribution in [2.24, 2.45) is 11.5 Å². The second-order valence-corrected chi connectivity index (χ2v) is 7.90. The molecule has 0 heterocycles. The van der Waals surface area contributed by atoms with Gasteiger partial charge in [0.1, 0.15) is 0 Å². The topological polar surface area (TPSA) is 52.0 Å². The molecule has 25 heavy (non-hydrogen) atoms. The molecular formula is C23H42N2. The van der Waals surface area contributed by atoms with Crippen molar-refractivity contribution in [2.75, 3.05) is 0 Å². The molecule has 1 aromatic rings. The molecule has 4 unspecified atom stereocenters. The molecule has 4 N–H and O–H groups in total. The van der Waals surface area contributed by atoms with Crippen molar-refractivity contribution < 1.29 is 0 Å². The van der Waals surface area contributed by atoms with Crippen LogP contribution in [0, 0.1) is 6.92 Å². The van der Waals surface area contributed by atoms with Crippen LogP contribution in [0.1, 0.15) is 108 Å². The molecule has 0 aromatic heterocycles. The summed E-state index contributed by atoms with van der Waals surface area (Å²) in [4.78, 5) is 0. The summed E-state index contributed by atoms with van der Waals surface area (Å²) in [7, 11) is 0. The summed E-state index contributed by atoms with van der Waals surface area (Å²) in [6, 6.07) is 7.76. The molecular weight excluding hydrogens is 304 g/mol. The molecule has 4 atom stereocenters. The average Bonchev–Trinajstić information content (AvgIpc) is 2.61. The molecule has 0 amide bonds. The van der Waals surface area contributed by atoms with Gasteiger partial charge in [-0.05, 0) is 74.0 Å². The zero-order chi connectivity index (χ0) is 18.8. The Balaban J connectivity index is 3.12. The Hall–Kier alpha value is -0.860. The minimum atomic E-state index is 0.305. The molecule has 0 fully saturated rings. The van der Waals surface area contributed by atoms with E-state index in [2.05, 4.69) is 52.8 Å². The molecule has 0 aliphatic heterocycles. The van der Waals surface area contributed by atoms with E-state index in [1.54, 1.807) is 0 Å². The first-order chi connectivity index (χ1) is 12.0. The lowest BCUT2D eigenvalue weighted by Gasteiger charge is -2.25. The molecule has 0 bridgehead atoms. The van der Waals surface area contributed by atoms with Gasteiger partial charge in [-0.1, -0.05) is 58.7 Å². The van der Waals surface area contributed by atoms with Crippen LogP contribution in [0.5, 0.6) is 0 Å². The van der Waals surface area contributed by atoms with Gasteiger partial charge in [0.05, 0.1) is 0 Å². The highest BCUT2D eigenvalue weighted by Crippen LogP contribution is 2.34. The van der Waals surface area contributed by atoms with Gasteiger partial charge in [-0.15, -0.1) is 0 Å². The van der Waals surface area contributed by atoms with Gasteiger partial charge in [0.2, 0.25) is 0 Å². The Morgan fingerprint density at radius 2 is 1.32 bits per heavy atom. The lowest BCUT2D eigenvalue weighted by atomic mass is 9.81. The predicted octanol–water partition coefficient (Wildman–Crippen LogP) is 6.02. The standard InChI is InChI=1S/C23H42N2/c1-6-10-18(14-21(24)8-3)19-13-12-17(5)23(16-19)20(11-7-2)15-22(25)9-4/h12-13,16,18,20-22H,6-11,14-15,24-25H2,1-5H3. The van der Waals surface area contributed by atoms with Crippen LogP contribution in [0.4, 0.5) is 0 Å². The Morgan fingerprint density at radius 1 is 0.800 bits per heavy atom. The van der Waals surface area contributed by atoms with E-state index < -0.39 is 0 Å². The van der Waals surface area contributed by atoms with Crippen molar-refractivity contribution >= 4 is 0 Å². The van der Waals surface area contributed by atoms with Crippen molar-refractivity contribution in [2.45, 2.75) is 110 Å². The van der Waals surface area contributed by atoms with E-state index in [-0.39, 0.29) is 0 Å². The van der Waals surface area contributed by atoms with Gasteiger partial charge in [0.25, 0.3) is 0 Å². The van der Waals surface area contributed by atoms with E-state index in [4.69, 9.17) is 11.5 Å². The number of benzene rings is 1. The van der Waals surface area contributed by atoms with E-state index in [9.17, 15) is 0 Å². The maximum absolute atomic E-state index is 6.30. The first-order valence-electron chi connectivity index (χ1n) is 10.6. The summed E-state index contributed by atoms with van der Waals surface area (Å²) in [6.45, 7) is 11.2. The van der Waals surface area contributed by atoms with E-state index in [0.717, 1.165) is 25.7 Å². The second-order valence-electron chi connectivity index (χ2n) is 7.90. The highest BCUT2D eigenvalue weighted by atomic mass is 14.6. The molecule has 0 radical (unpaired) electrons. The van der Waals surface area contributed by atoms with Crippen molar-refractivity contribution in [1.29, 1.82) is 0 Å². The summed E-state index contributed by atoms with van der Waals surface area (Å²) >= 11 is 0. The Labute approximate surface area is 156 Å². The van der Waals surface area contributed by atoms with Crippen molar-refractivity contribution in [3.63, 3.8) is 0 Å². The van der Waals surface area contributed by atoms with Crippen LogP contribution < -0.4 is 11.5 Å². The number of rotatable bonds is 12. The first kappa shape index (κ1) is 22.2. The van der Waals surface area contributed by atoms with Crippen LogP contribution in [-0.2, 0) is 0 Å². The number of hydrogen-bond donors (Lipinski definition) is 2. The summed E-state index contributed by atoms with van der Waals surface area (Å²) in [5.74, 6) is 1.17. The third-order valence-electron chi connectivity index (χ3n) is 5.71. The van der Waals surface area contributed by atoms with Gasteiger partial charge in [0, 0.05) is 12.1 Å². The predicted molar refractivity (Wildman–Crippen MR) is 112 cm³/mol. The van der Waals surface area contributed by atoms with Crippen molar-refractivity contribution in [3.05, 3.63) is 34.9 Å². The zero-order valence-corrected chi connectivity index (χ0v) is 17.4. The highest BCUT2D eigenvalue weighted by Gasteiger charge is 2.20. The van der Waals surface area contributed by atoms with Crippen LogP contribution in [0.25, 0.3) is 0 Å². The third-order valence-corrected chi connectivity index (χ3v) is 5.71. The van der Waals surface area contributed by atoms with Gasteiger partial charge >= 0.3 is 0 Å². The molecule has 144 valence electrons. The van der Waals surface area contributed by atoms with Crippen LogP contribution in [0.2, 0.25) is 0 Å². The molecule has 2 nitrogen and oxygen atoms in total. The smallest absolute Gasteiger partial charge is 0.00420 e.